The summed E-state index contributed by atoms with van der Waals surface area (Å²) < 4.78 is 0. The molecule has 0 aliphatic heterocycles. The van der Waals surface area contributed by atoms with Crippen LogP contribution in [0.3, 0.4) is 0 Å². The van der Waals surface area contributed by atoms with Crippen LogP contribution >= 0.6 is 0 Å². The number of nitrogens with zero attached hydrogens (tertiary/aromatic N) is 1. The summed E-state index contributed by atoms with van der Waals surface area (Å²) in [5.74, 6) is 0.369. The van der Waals surface area contributed by atoms with E-state index in [1.165, 1.54) is 33.0 Å². The lowest BCUT2D eigenvalue weighted by molar-refractivity contribution is 0.923. The third kappa shape index (κ3) is 3.80. The highest BCUT2D eigenvalue weighted by Gasteiger charge is 2.09. The molecule has 5 aromatic rings. The molecule has 32 heavy (non-hydrogen) atoms. The van der Waals surface area contributed by atoms with Crippen molar-refractivity contribution < 1.29 is 0 Å². The zero-order chi connectivity index (χ0) is 21.9. The zero-order valence-corrected chi connectivity index (χ0v) is 18.0. The van der Waals surface area contributed by atoms with Gasteiger partial charge in [-0.25, -0.2) is 0 Å². The van der Waals surface area contributed by atoms with E-state index in [4.69, 9.17) is 0 Å². The summed E-state index contributed by atoms with van der Waals surface area (Å²) in [6.45, 7) is 2.25. The normalized spacial score (nSPS) is 11.8. The number of hydrogen-bond donors (Lipinski definition) is 0. The Morgan fingerprint density at radius 2 is 1.31 bits per heavy atom. The van der Waals surface area contributed by atoms with Crippen molar-refractivity contribution in [1.82, 2.24) is 0 Å². The van der Waals surface area contributed by atoms with Crippen LogP contribution in [-0.2, 0) is 0 Å². The minimum Gasteiger partial charge on any atom is -0.192 e. The van der Waals surface area contributed by atoms with Crippen molar-refractivity contribution in [2.75, 3.05) is 0 Å². The molecule has 1 nitrogen and oxygen atoms in total. The molecule has 0 spiro atoms. The van der Waals surface area contributed by atoms with Gasteiger partial charge in [-0.3, -0.25) is 0 Å². The van der Waals surface area contributed by atoms with Crippen LogP contribution in [0, 0.1) is 11.3 Å². The van der Waals surface area contributed by atoms with E-state index in [-0.39, 0.29) is 0 Å². The molecule has 0 fully saturated rings. The SMILES string of the molecule is CC(c1ccccc1)c1ccc(-c2ccc3c(-c4cccc(C#N)c4)cccc3c2)cc1. The van der Waals surface area contributed by atoms with Crippen molar-refractivity contribution in [1.29, 1.82) is 5.26 Å². The van der Waals surface area contributed by atoms with Gasteiger partial charge in [0.05, 0.1) is 11.6 Å². The van der Waals surface area contributed by atoms with Crippen LogP contribution < -0.4 is 0 Å². The van der Waals surface area contributed by atoms with Crippen molar-refractivity contribution in [2.45, 2.75) is 12.8 Å². The van der Waals surface area contributed by atoms with Crippen LogP contribution in [0.5, 0.6) is 0 Å². The van der Waals surface area contributed by atoms with Gasteiger partial charge in [-0.05, 0) is 62.4 Å². The average Bonchev–Trinajstić information content (AvgIpc) is 2.88. The minimum atomic E-state index is 0.369. The van der Waals surface area contributed by atoms with Gasteiger partial charge < -0.3 is 0 Å². The van der Waals surface area contributed by atoms with E-state index < -0.39 is 0 Å². The van der Waals surface area contributed by atoms with Crippen LogP contribution in [-0.4, -0.2) is 0 Å². The Morgan fingerprint density at radius 1 is 0.594 bits per heavy atom. The first kappa shape index (κ1) is 19.8. The smallest absolute Gasteiger partial charge is 0.0991 e. The molecule has 0 heterocycles. The van der Waals surface area contributed by atoms with Crippen LogP contribution in [0.15, 0.2) is 115 Å². The highest BCUT2D eigenvalue weighted by molar-refractivity contribution is 5.98. The summed E-state index contributed by atoms with van der Waals surface area (Å²) in [6, 6.07) is 42.6. The number of rotatable bonds is 4. The van der Waals surface area contributed by atoms with Crippen molar-refractivity contribution in [2.24, 2.45) is 0 Å². The van der Waals surface area contributed by atoms with Crippen molar-refractivity contribution in [3.8, 4) is 28.3 Å². The predicted molar refractivity (Wildman–Crippen MR) is 133 cm³/mol. The van der Waals surface area contributed by atoms with Gasteiger partial charge in [0, 0.05) is 5.92 Å². The molecule has 1 heteroatoms. The second-order valence-electron chi connectivity index (χ2n) is 8.19. The Morgan fingerprint density at radius 3 is 2.09 bits per heavy atom. The van der Waals surface area contributed by atoms with Gasteiger partial charge in [0.25, 0.3) is 0 Å². The maximum Gasteiger partial charge on any atom is 0.0991 e. The van der Waals surface area contributed by atoms with Gasteiger partial charge >= 0.3 is 0 Å². The van der Waals surface area contributed by atoms with E-state index in [9.17, 15) is 5.26 Å². The third-order valence-electron chi connectivity index (χ3n) is 6.23. The Bertz CT molecular complexity index is 1420. The molecule has 152 valence electrons. The summed E-state index contributed by atoms with van der Waals surface area (Å²) in [6.07, 6.45) is 0. The van der Waals surface area contributed by atoms with Gasteiger partial charge in [0.15, 0.2) is 0 Å². The first-order valence-corrected chi connectivity index (χ1v) is 10.9. The summed E-state index contributed by atoms with van der Waals surface area (Å²) >= 11 is 0. The number of hydrogen-bond acceptors (Lipinski definition) is 1. The van der Waals surface area contributed by atoms with Crippen LogP contribution in [0.25, 0.3) is 33.0 Å². The minimum absolute atomic E-state index is 0.369. The molecule has 1 atom stereocenters. The second kappa shape index (κ2) is 8.53. The molecule has 0 radical (unpaired) electrons. The topological polar surface area (TPSA) is 23.8 Å². The lowest BCUT2D eigenvalue weighted by Crippen LogP contribution is -1.95. The van der Waals surface area contributed by atoms with Gasteiger partial charge in [0.2, 0.25) is 0 Å². The van der Waals surface area contributed by atoms with E-state index in [0.29, 0.717) is 11.5 Å². The quantitative estimate of drug-likeness (QED) is 0.293. The van der Waals surface area contributed by atoms with Crippen LogP contribution in [0.2, 0.25) is 0 Å². The molecule has 0 bridgehead atoms. The highest BCUT2D eigenvalue weighted by Crippen LogP contribution is 2.33. The Hall–Kier alpha value is -4.15. The van der Waals surface area contributed by atoms with Crippen molar-refractivity contribution >= 4 is 10.8 Å². The molecule has 5 rings (SSSR count). The van der Waals surface area contributed by atoms with Gasteiger partial charge in [-0.1, -0.05) is 104 Å². The van der Waals surface area contributed by atoms with E-state index >= 15 is 0 Å². The Labute approximate surface area is 189 Å². The predicted octanol–water partition coefficient (Wildman–Crippen LogP) is 8.20. The number of nitriles is 1. The second-order valence-corrected chi connectivity index (χ2v) is 8.19. The summed E-state index contributed by atoms with van der Waals surface area (Å²) in [5.41, 5.74) is 7.98. The Kier molecular flexibility index (Phi) is 5.28. The number of fused-ring (bicyclic) bond motifs is 1. The fourth-order valence-corrected chi connectivity index (χ4v) is 4.37. The maximum atomic E-state index is 9.25. The van der Waals surface area contributed by atoms with E-state index in [0.717, 1.165) is 11.1 Å². The van der Waals surface area contributed by atoms with Gasteiger partial charge in [0.1, 0.15) is 0 Å². The summed E-state index contributed by atoms with van der Waals surface area (Å²) in [5, 5.41) is 11.6. The molecular weight excluding hydrogens is 386 g/mol. The van der Waals surface area contributed by atoms with E-state index in [2.05, 4.69) is 110 Å². The largest absolute Gasteiger partial charge is 0.192 e. The van der Waals surface area contributed by atoms with Crippen molar-refractivity contribution in [3.63, 3.8) is 0 Å². The fourth-order valence-electron chi connectivity index (χ4n) is 4.37. The molecule has 5 aromatic carbocycles. The lowest BCUT2D eigenvalue weighted by atomic mass is 9.91. The van der Waals surface area contributed by atoms with Gasteiger partial charge in [-0.15, -0.1) is 0 Å². The molecule has 0 saturated carbocycles. The zero-order valence-electron chi connectivity index (χ0n) is 18.0. The standard InChI is InChI=1S/C31H23N/c1-22(24-8-3-2-4-9-24)25-13-15-26(16-14-25)27-17-18-31-29(20-27)11-6-12-30(31)28-10-5-7-23(19-28)21-32/h2-20,22H,1H3. The molecule has 0 saturated heterocycles. The maximum absolute atomic E-state index is 9.25. The first-order valence-electron chi connectivity index (χ1n) is 10.9. The van der Waals surface area contributed by atoms with E-state index in [1.54, 1.807) is 0 Å². The molecule has 0 aromatic heterocycles. The number of benzene rings is 5. The Balaban J connectivity index is 1.48. The fraction of sp³-hybridized carbons (Fsp3) is 0.0645. The monoisotopic (exact) mass is 409 g/mol. The van der Waals surface area contributed by atoms with E-state index in [1.807, 2.05) is 18.2 Å². The van der Waals surface area contributed by atoms with Crippen molar-refractivity contribution in [3.05, 3.63) is 132 Å². The molecule has 0 N–H and O–H groups in total. The average molecular weight is 410 g/mol. The first-order chi connectivity index (χ1) is 15.7. The molecule has 0 aliphatic rings. The third-order valence-corrected chi connectivity index (χ3v) is 6.23. The van der Waals surface area contributed by atoms with Gasteiger partial charge in [-0.2, -0.15) is 5.26 Å². The molecular formula is C31H23N. The van der Waals surface area contributed by atoms with Crippen LogP contribution in [0.4, 0.5) is 0 Å². The molecule has 0 amide bonds. The van der Waals surface area contributed by atoms with Crippen LogP contribution in [0.1, 0.15) is 29.5 Å². The lowest BCUT2D eigenvalue weighted by Gasteiger charge is -2.14. The summed E-state index contributed by atoms with van der Waals surface area (Å²) in [7, 11) is 0. The summed E-state index contributed by atoms with van der Waals surface area (Å²) in [4.78, 5) is 0. The molecule has 0 aliphatic carbocycles. The molecule has 1 unspecified atom stereocenters. The highest BCUT2D eigenvalue weighted by atomic mass is 14.2.